The molecule has 6 unspecified atom stereocenters. The predicted molar refractivity (Wildman–Crippen MR) is 165 cm³/mol. The summed E-state index contributed by atoms with van der Waals surface area (Å²) in [6.07, 6.45) is -1.48. The summed E-state index contributed by atoms with van der Waals surface area (Å²) in [6, 6.07) is 14.2. The zero-order chi connectivity index (χ0) is 34.1. The number of ether oxygens (including phenoxy) is 2. The van der Waals surface area contributed by atoms with E-state index in [9.17, 15) is 27.6 Å². The number of pyridine rings is 1. The maximum Gasteiger partial charge on any atom is 0.573 e. The Hall–Kier alpha value is -4.84. The van der Waals surface area contributed by atoms with E-state index in [1.54, 1.807) is 26.2 Å². The maximum absolute atomic E-state index is 14.9. The number of hydrogen-bond acceptors (Lipinski definition) is 9. The lowest BCUT2D eigenvalue weighted by atomic mass is 9.47. The van der Waals surface area contributed by atoms with Crippen molar-refractivity contribution in [2.45, 2.75) is 45.2 Å². The van der Waals surface area contributed by atoms with Crippen LogP contribution in [0.4, 0.5) is 13.2 Å². The molecular formula is C36H32F3N3O6. The number of hydrogen-bond donors (Lipinski definition) is 0. The van der Waals surface area contributed by atoms with E-state index in [4.69, 9.17) is 9.26 Å². The molecule has 248 valence electrons. The van der Waals surface area contributed by atoms with Gasteiger partial charge in [0.1, 0.15) is 17.9 Å². The number of carbonyl (C=O) groups excluding carboxylic acids is 3. The summed E-state index contributed by atoms with van der Waals surface area (Å²) in [6.45, 7) is 3.45. The van der Waals surface area contributed by atoms with Crippen molar-refractivity contribution in [1.29, 1.82) is 0 Å². The Bertz CT molecular complexity index is 1920. The highest BCUT2D eigenvalue weighted by atomic mass is 19.4. The first-order valence-corrected chi connectivity index (χ1v) is 15.6. The molecule has 6 atom stereocenters. The summed E-state index contributed by atoms with van der Waals surface area (Å²) in [5, 5.41) is 4.13. The normalized spacial score (nSPS) is 26.4. The second-order valence-corrected chi connectivity index (χ2v) is 13.2. The first kappa shape index (κ1) is 31.7. The molecule has 0 bridgehead atoms. The van der Waals surface area contributed by atoms with Crippen LogP contribution in [0.1, 0.15) is 74.0 Å². The lowest BCUT2D eigenvalue weighted by molar-refractivity contribution is -0.274. The summed E-state index contributed by atoms with van der Waals surface area (Å²) in [5.74, 6) is -4.54. The number of benzene rings is 2. The summed E-state index contributed by atoms with van der Waals surface area (Å²) >= 11 is 0. The highest BCUT2D eigenvalue weighted by molar-refractivity contribution is 6.24. The van der Waals surface area contributed by atoms with Gasteiger partial charge in [-0.05, 0) is 79.8 Å². The fourth-order valence-corrected chi connectivity index (χ4v) is 8.14. The zero-order valence-corrected chi connectivity index (χ0v) is 26.6. The fourth-order valence-electron chi connectivity index (χ4n) is 8.14. The summed E-state index contributed by atoms with van der Waals surface area (Å²) in [5.41, 5.74) is 1.41. The van der Waals surface area contributed by atoms with Crippen LogP contribution in [0.2, 0.25) is 0 Å². The molecule has 48 heavy (non-hydrogen) atoms. The van der Waals surface area contributed by atoms with E-state index in [1.807, 2.05) is 49.3 Å². The van der Waals surface area contributed by atoms with Crippen LogP contribution in [0.3, 0.4) is 0 Å². The number of halogens is 3. The molecule has 0 amide bonds. The Morgan fingerprint density at radius 2 is 1.69 bits per heavy atom. The Morgan fingerprint density at radius 3 is 2.35 bits per heavy atom. The predicted octanol–water partition coefficient (Wildman–Crippen LogP) is 6.51. The maximum atomic E-state index is 14.9. The van der Waals surface area contributed by atoms with Crippen molar-refractivity contribution in [2.24, 2.45) is 23.2 Å². The van der Waals surface area contributed by atoms with Gasteiger partial charge in [0, 0.05) is 29.8 Å². The third kappa shape index (κ3) is 4.92. The van der Waals surface area contributed by atoms with Gasteiger partial charge in [-0.15, -0.1) is 13.2 Å². The minimum atomic E-state index is -4.86. The lowest BCUT2D eigenvalue weighted by Crippen LogP contribution is -2.61. The van der Waals surface area contributed by atoms with Crippen molar-refractivity contribution in [1.82, 2.24) is 15.0 Å². The summed E-state index contributed by atoms with van der Waals surface area (Å²) < 4.78 is 54.7. The monoisotopic (exact) mass is 659 g/mol. The molecule has 0 spiro atoms. The first-order chi connectivity index (χ1) is 22.8. The number of nitrogens with zero attached hydrogens (tertiary/aromatic N) is 3. The number of fused-ring (bicyclic) bond motifs is 4. The Labute approximate surface area is 274 Å². The standard InChI is InChI=1S/C36H32F3N3O6/c1-18-15-40-16-23-25(18)30(43)27-22(26(23)20-10-12-21(13-11-20)47-36(37,38)39)14-24-29(42(3)4)31-28(33(45)35(24,2)32(27)44)34(41-48-31)46-17-19-8-6-5-7-9-19/h5-13,15-16,22,24,26-27,29H,14,17H2,1-4H3. The smallest absolute Gasteiger partial charge is 0.470 e. The molecule has 7 rings (SSSR count). The van der Waals surface area contributed by atoms with Crippen LogP contribution in [0, 0.1) is 30.1 Å². The van der Waals surface area contributed by atoms with Crippen LogP contribution < -0.4 is 9.47 Å². The van der Waals surface area contributed by atoms with Gasteiger partial charge in [0.2, 0.25) is 0 Å². The highest BCUT2D eigenvalue weighted by Gasteiger charge is 2.66. The molecule has 2 heterocycles. The van der Waals surface area contributed by atoms with Crippen LogP contribution >= 0.6 is 0 Å². The molecule has 0 radical (unpaired) electrons. The number of rotatable bonds is 6. The minimum Gasteiger partial charge on any atom is -0.470 e. The molecule has 12 heteroatoms. The van der Waals surface area contributed by atoms with Crippen molar-refractivity contribution in [3.63, 3.8) is 0 Å². The highest BCUT2D eigenvalue weighted by Crippen LogP contribution is 2.61. The number of aryl methyl sites for hydroxylation is 1. The van der Waals surface area contributed by atoms with Gasteiger partial charge >= 0.3 is 6.36 Å². The minimum absolute atomic E-state index is 0.0124. The van der Waals surface area contributed by atoms with Crippen molar-refractivity contribution in [2.75, 3.05) is 14.1 Å². The molecule has 9 nitrogen and oxygen atoms in total. The van der Waals surface area contributed by atoms with Crippen molar-refractivity contribution >= 4 is 17.3 Å². The van der Waals surface area contributed by atoms with Gasteiger partial charge in [0.15, 0.2) is 23.1 Å². The van der Waals surface area contributed by atoms with E-state index in [0.29, 0.717) is 22.3 Å². The molecule has 3 aliphatic rings. The molecular weight excluding hydrogens is 627 g/mol. The van der Waals surface area contributed by atoms with E-state index in [-0.39, 0.29) is 30.2 Å². The third-order valence-corrected chi connectivity index (χ3v) is 10.2. The van der Waals surface area contributed by atoms with Gasteiger partial charge in [-0.1, -0.05) is 42.5 Å². The molecule has 0 N–H and O–H groups in total. The van der Waals surface area contributed by atoms with Crippen LogP contribution in [0.25, 0.3) is 0 Å². The molecule has 1 saturated carbocycles. The lowest BCUT2D eigenvalue weighted by Gasteiger charge is -2.54. The van der Waals surface area contributed by atoms with Crippen molar-refractivity contribution in [3.8, 4) is 11.6 Å². The quantitative estimate of drug-likeness (QED) is 0.214. The van der Waals surface area contributed by atoms with Gasteiger partial charge in [-0.2, -0.15) is 0 Å². The topological polar surface area (TPSA) is 112 Å². The number of alkyl halides is 3. The van der Waals surface area contributed by atoms with Gasteiger partial charge < -0.3 is 14.0 Å². The average molecular weight is 660 g/mol. The fraction of sp³-hybridized carbons (Fsp3) is 0.361. The number of ketones is 3. The van der Waals surface area contributed by atoms with E-state index >= 15 is 0 Å². The molecule has 0 saturated heterocycles. The van der Waals surface area contributed by atoms with Crippen LogP contribution in [-0.2, 0) is 11.4 Å². The van der Waals surface area contributed by atoms with E-state index < -0.39 is 64.6 Å². The summed E-state index contributed by atoms with van der Waals surface area (Å²) in [4.78, 5) is 50.1. The van der Waals surface area contributed by atoms with Gasteiger partial charge in [0.25, 0.3) is 5.88 Å². The van der Waals surface area contributed by atoms with Crippen molar-refractivity contribution in [3.05, 3.63) is 106 Å². The Morgan fingerprint density at radius 1 is 0.979 bits per heavy atom. The van der Waals surface area contributed by atoms with Gasteiger partial charge in [0.05, 0.1) is 17.4 Å². The Balaban J connectivity index is 1.33. The third-order valence-electron chi connectivity index (χ3n) is 10.2. The van der Waals surface area contributed by atoms with Crippen LogP contribution in [0.15, 0.2) is 71.5 Å². The second-order valence-electron chi connectivity index (χ2n) is 13.2. The molecule has 4 aromatic rings. The molecule has 0 aliphatic heterocycles. The Kier molecular flexibility index (Phi) is 7.54. The van der Waals surface area contributed by atoms with E-state index in [2.05, 4.69) is 14.9 Å². The van der Waals surface area contributed by atoms with E-state index in [1.165, 1.54) is 24.3 Å². The number of Topliss-reactive ketones (excluding diaryl/α,β-unsaturated/α-hetero) is 3. The molecule has 1 fully saturated rings. The van der Waals surface area contributed by atoms with E-state index in [0.717, 1.165) is 5.56 Å². The summed E-state index contributed by atoms with van der Waals surface area (Å²) in [7, 11) is 3.64. The van der Waals surface area contributed by atoms with Crippen molar-refractivity contribution < 1.29 is 41.6 Å². The SMILES string of the molecule is Cc1cncc2c1C(=O)C1C(=O)C3(C)C(=O)c4c(OCc5ccccc5)noc4C(N(C)C)C3CC1C2c1ccc(OC(F)(F)F)cc1. The van der Waals surface area contributed by atoms with Gasteiger partial charge in [-0.3, -0.25) is 24.3 Å². The molecule has 2 aromatic carbocycles. The number of carbonyl (C=O) groups is 3. The second kappa shape index (κ2) is 11.4. The molecule has 2 aromatic heterocycles. The van der Waals surface area contributed by atoms with Gasteiger partial charge in [-0.25, -0.2) is 0 Å². The number of aromatic nitrogens is 2. The van der Waals surface area contributed by atoms with Crippen LogP contribution in [-0.4, -0.2) is 52.8 Å². The molecule has 3 aliphatic carbocycles. The van der Waals surface area contributed by atoms with Crippen LogP contribution in [0.5, 0.6) is 11.6 Å². The average Bonchev–Trinajstić information content (AvgIpc) is 3.45. The first-order valence-electron chi connectivity index (χ1n) is 15.6. The zero-order valence-electron chi connectivity index (χ0n) is 26.6. The largest absolute Gasteiger partial charge is 0.573 e.